The Hall–Kier alpha value is -1.93. The third-order valence-corrected chi connectivity index (χ3v) is 6.06. The van der Waals surface area contributed by atoms with Gasteiger partial charge in [-0.3, -0.25) is 9.59 Å². The fourth-order valence-electron chi connectivity index (χ4n) is 2.16. The number of thiazole rings is 1. The molecule has 0 fully saturated rings. The van der Waals surface area contributed by atoms with Crippen LogP contribution in [0, 0.1) is 0 Å². The maximum absolute atomic E-state index is 12.5. The SMILES string of the molecule is CN(CC(=O)Nc1c(Cl)cccc1Cl)C(=O)c1cnc(-c2cccs2)s1. The first-order valence-electron chi connectivity index (χ1n) is 7.44. The van der Waals surface area contributed by atoms with Crippen LogP contribution >= 0.6 is 45.9 Å². The average Bonchev–Trinajstić information content (AvgIpc) is 3.28. The minimum absolute atomic E-state index is 0.132. The summed E-state index contributed by atoms with van der Waals surface area (Å²) in [5, 5.41) is 6.04. The minimum atomic E-state index is -0.390. The average molecular weight is 426 g/mol. The van der Waals surface area contributed by atoms with E-state index in [0.29, 0.717) is 20.6 Å². The molecule has 1 aromatic carbocycles. The van der Waals surface area contributed by atoms with Gasteiger partial charge >= 0.3 is 0 Å². The number of carbonyl (C=O) groups excluding carboxylic acids is 2. The van der Waals surface area contributed by atoms with Gasteiger partial charge in [0.25, 0.3) is 5.91 Å². The molecule has 0 radical (unpaired) electrons. The molecule has 134 valence electrons. The highest BCUT2D eigenvalue weighted by Crippen LogP contribution is 2.30. The van der Waals surface area contributed by atoms with E-state index < -0.39 is 0 Å². The Bertz CT molecular complexity index is 921. The van der Waals surface area contributed by atoms with E-state index in [1.165, 1.54) is 22.4 Å². The number of aromatic nitrogens is 1. The Morgan fingerprint density at radius 3 is 2.58 bits per heavy atom. The quantitative estimate of drug-likeness (QED) is 0.632. The number of anilines is 1. The van der Waals surface area contributed by atoms with E-state index in [0.717, 1.165) is 9.88 Å². The third-order valence-electron chi connectivity index (χ3n) is 3.40. The maximum Gasteiger partial charge on any atom is 0.265 e. The van der Waals surface area contributed by atoms with Gasteiger partial charge in [-0.05, 0) is 23.6 Å². The van der Waals surface area contributed by atoms with Gasteiger partial charge in [-0.1, -0.05) is 35.3 Å². The molecule has 0 spiro atoms. The lowest BCUT2D eigenvalue weighted by atomic mass is 10.3. The normalized spacial score (nSPS) is 10.6. The minimum Gasteiger partial charge on any atom is -0.332 e. The molecule has 3 rings (SSSR count). The van der Waals surface area contributed by atoms with Crippen molar-refractivity contribution in [3.8, 4) is 9.88 Å². The lowest BCUT2D eigenvalue weighted by molar-refractivity contribution is -0.116. The number of hydrogen-bond acceptors (Lipinski definition) is 5. The highest BCUT2D eigenvalue weighted by Gasteiger charge is 2.19. The van der Waals surface area contributed by atoms with Gasteiger partial charge in [-0.2, -0.15) is 0 Å². The third kappa shape index (κ3) is 4.24. The molecule has 0 saturated carbocycles. The largest absolute Gasteiger partial charge is 0.332 e. The molecule has 2 aromatic heterocycles. The van der Waals surface area contributed by atoms with Crippen molar-refractivity contribution in [2.45, 2.75) is 0 Å². The van der Waals surface area contributed by atoms with Gasteiger partial charge in [0.15, 0.2) is 0 Å². The number of nitrogens with zero attached hydrogens (tertiary/aromatic N) is 2. The maximum atomic E-state index is 12.5. The summed E-state index contributed by atoms with van der Waals surface area (Å²) in [5.41, 5.74) is 0.333. The zero-order valence-electron chi connectivity index (χ0n) is 13.5. The van der Waals surface area contributed by atoms with E-state index in [-0.39, 0.29) is 18.4 Å². The van der Waals surface area contributed by atoms with E-state index >= 15 is 0 Å². The summed E-state index contributed by atoms with van der Waals surface area (Å²) in [6.45, 7) is -0.132. The Morgan fingerprint density at radius 2 is 1.92 bits per heavy atom. The molecule has 0 atom stereocenters. The van der Waals surface area contributed by atoms with E-state index in [1.54, 1.807) is 36.6 Å². The van der Waals surface area contributed by atoms with Gasteiger partial charge in [0, 0.05) is 7.05 Å². The van der Waals surface area contributed by atoms with Crippen molar-refractivity contribution in [1.82, 2.24) is 9.88 Å². The van der Waals surface area contributed by atoms with Crippen molar-refractivity contribution in [2.24, 2.45) is 0 Å². The number of amides is 2. The molecule has 3 aromatic rings. The lowest BCUT2D eigenvalue weighted by Crippen LogP contribution is -2.34. The van der Waals surface area contributed by atoms with Crippen molar-refractivity contribution in [1.29, 1.82) is 0 Å². The van der Waals surface area contributed by atoms with Crippen LogP contribution in [0.2, 0.25) is 10.0 Å². The van der Waals surface area contributed by atoms with Crippen LogP contribution < -0.4 is 5.32 Å². The molecule has 1 N–H and O–H groups in total. The second kappa shape index (κ2) is 8.18. The van der Waals surface area contributed by atoms with Crippen LogP contribution in [0.15, 0.2) is 41.9 Å². The zero-order valence-corrected chi connectivity index (χ0v) is 16.7. The molecular formula is C17H13Cl2N3O2S2. The summed E-state index contributed by atoms with van der Waals surface area (Å²) in [6.07, 6.45) is 1.53. The van der Waals surface area contributed by atoms with Crippen molar-refractivity contribution < 1.29 is 9.59 Å². The molecule has 0 saturated heterocycles. The van der Waals surface area contributed by atoms with Crippen molar-refractivity contribution in [2.75, 3.05) is 18.9 Å². The highest BCUT2D eigenvalue weighted by molar-refractivity contribution is 7.21. The first kappa shape index (κ1) is 18.8. The number of thiophene rings is 1. The predicted octanol–water partition coefficient (Wildman–Crippen LogP) is 4.89. The van der Waals surface area contributed by atoms with Gasteiger partial charge in [0.2, 0.25) is 5.91 Å². The molecule has 5 nitrogen and oxygen atoms in total. The molecule has 2 amide bonds. The highest BCUT2D eigenvalue weighted by atomic mass is 35.5. The summed E-state index contributed by atoms with van der Waals surface area (Å²) in [5.74, 6) is -0.662. The summed E-state index contributed by atoms with van der Waals surface area (Å²) in [6, 6.07) is 8.81. The van der Waals surface area contributed by atoms with E-state index in [1.807, 2.05) is 17.5 Å². The Morgan fingerprint density at radius 1 is 1.19 bits per heavy atom. The lowest BCUT2D eigenvalue weighted by Gasteiger charge is -2.16. The van der Waals surface area contributed by atoms with Crippen LogP contribution in [-0.4, -0.2) is 35.3 Å². The summed E-state index contributed by atoms with van der Waals surface area (Å²) < 4.78 is 0. The van der Waals surface area contributed by atoms with Crippen molar-refractivity contribution in [3.63, 3.8) is 0 Å². The zero-order chi connectivity index (χ0) is 18.7. The number of carbonyl (C=O) groups is 2. The van der Waals surface area contributed by atoms with Crippen LogP contribution in [0.4, 0.5) is 5.69 Å². The Labute approximate surface area is 168 Å². The monoisotopic (exact) mass is 425 g/mol. The molecule has 2 heterocycles. The molecule has 0 unspecified atom stereocenters. The van der Waals surface area contributed by atoms with Crippen LogP contribution in [-0.2, 0) is 4.79 Å². The first-order valence-corrected chi connectivity index (χ1v) is 9.90. The first-order chi connectivity index (χ1) is 12.5. The van der Waals surface area contributed by atoms with Gasteiger partial charge < -0.3 is 10.2 Å². The second-order valence-corrected chi connectivity index (χ2v) is 8.11. The number of rotatable bonds is 5. The van der Waals surface area contributed by atoms with Gasteiger partial charge in [0.05, 0.1) is 33.4 Å². The van der Waals surface area contributed by atoms with Crippen molar-refractivity contribution >= 4 is 63.4 Å². The molecule has 0 bridgehead atoms. The topological polar surface area (TPSA) is 62.3 Å². The predicted molar refractivity (Wildman–Crippen MR) is 107 cm³/mol. The standard InChI is InChI=1S/C17H13Cl2N3O2S2/c1-22(9-14(23)21-15-10(18)4-2-5-11(15)19)17(24)13-8-20-16(26-13)12-6-3-7-25-12/h2-8H,9H2,1H3,(H,21,23). The molecule has 9 heteroatoms. The van der Waals surface area contributed by atoms with Gasteiger partial charge in [-0.15, -0.1) is 22.7 Å². The van der Waals surface area contributed by atoms with Gasteiger partial charge in [-0.25, -0.2) is 4.98 Å². The van der Waals surface area contributed by atoms with E-state index in [4.69, 9.17) is 23.2 Å². The number of benzene rings is 1. The fraction of sp³-hybridized carbons (Fsp3) is 0.118. The number of para-hydroxylation sites is 1. The van der Waals surface area contributed by atoms with Crippen LogP contribution in [0.5, 0.6) is 0 Å². The number of hydrogen-bond donors (Lipinski definition) is 1. The van der Waals surface area contributed by atoms with Crippen LogP contribution in [0.25, 0.3) is 9.88 Å². The van der Waals surface area contributed by atoms with E-state index in [9.17, 15) is 9.59 Å². The van der Waals surface area contributed by atoms with Crippen molar-refractivity contribution in [3.05, 3.63) is 56.8 Å². The van der Waals surface area contributed by atoms with E-state index in [2.05, 4.69) is 10.3 Å². The Kier molecular flexibility index (Phi) is 5.93. The Balaban J connectivity index is 1.65. The molecule has 0 aliphatic carbocycles. The fourth-order valence-corrected chi connectivity index (χ4v) is 4.37. The molecule has 0 aliphatic heterocycles. The molecule has 26 heavy (non-hydrogen) atoms. The second-order valence-electron chi connectivity index (χ2n) is 5.31. The molecule has 0 aliphatic rings. The summed E-state index contributed by atoms with van der Waals surface area (Å²) >= 11 is 14.9. The summed E-state index contributed by atoms with van der Waals surface area (Å²) in [7, 11) is 1.56. The summed E-state index contributed by atoms with van der Waals surface area (Å²) in [4.78, 5) is 31.8. The van der Waals surface area contributed by atoms with Crippen LogP contribution in [0.1, 0.15) is 9.67 Å². The van der Waals surface area contributed by atoms with Gasteiger partial charge in [0.1, 0.15) is 9.88 Å². The number of likely N-dealkylation sites (N-methyl/N-ethyl adjacent to an activating group) is 1. The smallest absolute Gasteiger partial charge is 0.265 e. The van der Waals surface area contributed by atoms with Crippen LogP contribution in [0.3, 0.4) is 0 Å². The number of halogens is 2. The molecular weight excluding hydrogens is 413 g/mol. The number of nitrogens with one attached hydrogen (secondary N) is 1.